The second kappa shape index (κ2) is 4.65. The maximum absolute atomic E-state index is 5.76. The van der Waals surface area contributed by atoms with Gasteiger partial charge in [0.2, 0.25) is 0 Å². The average Bonchev–Trinajstić information content (AvgIpc) is 2.98. The average molecular weight is 267 g/mol. The van der Waals surface area contributed by atoms with Crippen LogP contribution in [0.4, 0.5) is 0 Å². The Bertz CT molecular complexity index is 621. The lowest BCUT2D eigenvalue weighted by atomic mass is 9.80. The summed E-state index contributed by atoms with van der Waals surface area (Å²) in [7, 11) is 0. The van der Waals surface area contributed by atoms with Crippen LogP contribution in [0.25, 0.3) is 11.4 Å². The molecule has 1 atom stereocenters. The number of benzene rings is 1. The van der Waals surface area contributed by atoms with E-state index in [9.17, 15) is 0 Å². The zero-order chi connectivity index (χ0) is 13.4. The lowest BCUT2D eigenvalue weighted by Crippen LogP contribution is -2.39. The van der Waals surface area contributed by atoms with Crippen LogP contribution in [0.3, 0.4) is 0 Å². The third kappa shape index (κ3) is 1.84. The summed E-state index contributed by atoms with van der Waals surface area (Å²) >= 11 is 0. The molecule has 0 amide bonds. The van der Waals surface area contributed by atoms with Gasteiger partial charge in [-0.25, -0.2) is 9.97 Å². The number of aromatic nitrogens is 2. The monoisotopic (exact) mass is 267 g/mol. The quantitative estimate of drug-likeness (QED) is 0.857. The van der Waals surface area contributed by atoms with Gasteiger partial charge in [-0.3, -0.25) is 0 Å². The molecule has 4 heteroatoms. The molecule has 0 aliphatic carbocycles. The van der Waals surface area contributed by atoms with Gasteiger partial charge >= 0.3 is 0 Å². The minimum atomic E-state index is 0.0417. The third-order valence-corrected chi connectivity index (χ3v) is 4.28. The summed E-state index contributed by atoms with van der Waals surface area (Å²) < 4.78 is 5.76. The van der Waals surface area contributed by atoms with Crippen molar-refractivity contribution >= 4 is 0 Å². The Morgan fingerprint density at radius 3 is 2.90 bits per heavy atom. The zero-order valence-electron chi connectivity index (χ0n) is 11.3. The highest BCUT2D eigenvalue weighted by molar-refractivity contribution is 5.55. The van der Waals surface area contributed by atoms with Crippen molar-refractivity contribution in [2.45, 2.75) is 18.4 Å². The number of rotatable bonds is 1. The smallest absolute Gasteiger partial charge is 0.159 e. The van der Waals surface area contributed by atoms with Gasteiger partial charge in [0.1, 0.15) is 0 Å². The summed E-state index contributed by atoms with van der Waals surface area (Å²) in [6.45, 7) is 3.38. The van der Waals surface area contributed by atoms with E-state index in [0.29, 0.717) is 6.61 Å². The molecule has 1 spiro atoms. The van der Waals surface area contributed by atoms with E-state index < -0.39 is 0 Å². The Labute approximate surface area is 118 Å². The minimum absolute atomic E-state index is 0.0417. The molecule has 1 unspecified atom stereocenters. The van der Waals surface area contributed by atoms with Crippen LogP contribution in [-0.4, -0.2) is 29.7 Å². The van der Waals surface area contributed by atoms with E-state index in [4.69, 9.17) is 9.72 Å². The van der Waals surface area contributed by atoms with Crippen molar-refractivity contribution in [3.63, 3.8) is 0 Å². The topological polar surface area (TPSA) is 47.0 Å². The van der Waals surface area contributed by atoms with Crippen LogP contribution < -0.4 is 5.32 Å². The molecule has 2 aromatic rings. The Kier molecular flexibility index (Phi) is 2.79. The number of ether oxygens (including phenoxy) is 1. The van der Waals surface area contributed by atoms with Crippen LogP contribution in [0.15, 0.2) is 36.5 Å². The number of nitrogens with zero attached hydrogens (tertiary/aromatic N) is 2. The van der Waals surface area contributed by atoms with Gasteiger partial charge in [0.05, 0.1) is 24.3 Å². The summed E-state index contributed by atoms with van der Waals surface area (Å²) in [5, 5.41) is 3.44. The summed E-state index contributed by atoms with van der Waals surface area (Å²) in [6, 6.07) is 10.2. The Balaban J connectivity index is 1.83. The molecule has 4 rings (SSSR count). The fourth-order valence-corrected chi connectivity index (χ4v) is 3.19. The van der Waals surface area contributed by atoms with Gasteiger partial charge in [-0.05, 0) is 13.0 Å². The van der Waals surface area contributed by atoms with Gasteiger partial charge < -0.3 is 10.1 Å². The summed E-state index contributed by atoms with van der Waals surface area (Å²) in [4.78, 5) is 9.39. The van der Waals surface area contributed by atoms with Crippen molar-refractivity contribution < 1.29 is 4.74 Å². The number of hydrogen-bond donors (Lipinski definition) is 1. The summed E-state index contributed by atoms with van der Waals surface area (Å²) in [5.74, 6) is 0.817. The van der Waals surface area contributed by atoms with E-state index in [-0.39, 0.29) is 5.41 Å². The lowest BCUT2D eigenvalue weighted by molar-refractivity contribution is 0.0551. The Hall–Kier alpha value is -1.78. The first kappa shape index (κ1) is 12.0. The number of hydrogen-bond acceptors (Lipinski definition) is 4. The summed E-state index contributed by atoms with van der Waals surface area (Å²) in [6.07, 6.45) is 3.02. The predicted octanol–water partition coefficient (Wildman–Crippen LogP) is 1.90. The predicted molar refractivity (Wildman–Crippen MR) is 76.3 cm³/mol. The molecule has 0 saturated carbocycles. The first-order chi connectivity index (χ1) is 9.87. The maximum atomic E-state index is 5.76. The standard InChI is InChI=1S/C16H17N3O/c1-2-4-12(5-3-1)15-18-8-13-9-20-11-16(14(13)19-15)6-7-17-10-16/h1-5,8,17H,6-7,9-11H2. The van der Waals surface area contributed by atoms with E-state index in [1.54, 1.807) is 0 Å². The van der Waals surface area contributed by atoms with Gasteiger partial charge in [-0.2, -0.15) is 0 Å². The summed E-state index contributed by atoms with van der Waals surface area (Å²) in [5.41, 5.74) is 3.44. The molecule has 4 nitrogen and oxygen atoms in total. The van der Waals surface area contributed by atoms with Gasteiger partial charge in [0.15, 0.2) is 5.82 Å². The molecule has 1 N–H and O–H groups in total. The lowest BCUT2D eigenvalue weighted by Gasteiger charge is -2.33. The van der Waals surface area contributed by atoms with Crippen LogP contribution in [0.1, 0.15) is 17.7 Å². The van der Waals surface area contributed by atoms with Crippen molar-refractivity contribution in [3.8, 4) is 11.4 Å². The van der Waals surface area contributed by atoms with Crippen LogP contribution in [0.2, 0.25) is 0 Å². The molecule has 20 heavy (non-hydrogen) atoms. The van der Waals surface area contributed by atoms with Crippen molar-refractivity contribution in [3.05, 3.63) is 47.8 Å². The molecule has 1 fully saturated rings. The van der Waals surface area contributed by atoms with E-state index in [0.717, 1.165) is 43.1 Å². The molecule has 2 aliphatic rings. The van der Waals surface area contributed by atoms with E-state index in [1.807, 2.05) is 24.4 Å². The third-order valence-electron chi connectivity index (χ3n) is 4.28. The zero-order valence-corrected chi connectivity index (χ0v) is 11.3. The molecule has 2 aliphatic heterocycles. The van der Waals surface area contributed by atoms with E-state index >= 15 is 0 Å². The van der Waals surface area contributed by atoms with Crippen molar-refractivity contribution in [1.29, 1.82) is 0 Å². The molecule has 1 aromatic heterocycles. The van der Waals surface area contributed by atoms with Gasteiger partial charge in [0, 0.05) is 23.9 Å². The first-order valence-electron chi connectivity index (χ1n) is 7.08. The molecule has 1 aromatic carbocycles. The van der Waals surface area contributed by atoms with E-state index in [2.05, 4.69) is 22.4 Å². The van der Waals surface area contributed by atoms with Gasteiger partial charge in [-0.15, -0.1) is 0 Å². The molecular formula is C16H17N3O. The molecular weight excluding hydrogens is 250 g/mol. The van der Waals surface area contributed by atoms with Crippen molar-refractivity contribution in [1.82, 2.24) is 15.3 Å². The molecule has 1 saturated heterocycles. The molecule has 0 bridgehead atoms. The normalized spacial score (nSPS) is 24.8. The van der Waals surface area contributed by atoms with Crippen LogP contribution in [0.5, 0.6) is 0 Å². The number of nitrogens with one attached hydrogen (secondary N) is 1. The fraction of sp³-hybridized carbons (Fsp3) is 0.375. The maximum Gasteiger partial charge on any atom is 0.159 e. The van der Waals surface area contributed by atoms with Crippen LogP contribution in [0, 0.1) is 0 Å². The highest BCUT2D eigenvalue weighted by Crippen LogP contribution is 2.36. The Morgan fingerprint density at radius 1 is 1.20 bits per heavy atom. The van der Waals surface area contributed by atoms with Crippen LogP contribution >= 0.6 is 0 Å². The van der Waals surface area contributed by atoms with Crippen molar-refractivity contribution in [2.75, 3.05) is 19.7 Å². The van der Waals surface area contributed by atoms with Gasteiger partial charge in [-0.1, -0.05) is 30.3 Å². The fourth-order valence-electron chi connectivity index (χ4n) is 3.19. The highest BCUT2D eigenvalue weighted by atomic mass is 16.5. The number of fused-ring (bicyclic) bond motifs is 2. The largest absolute Gasteiger partial charge is 0.376 e. The van der Waals surface area contributed by atoms with Gasteiger partial charge in [0.25, 0.3) is 0 Å². The Morgan fingerprint density at radius 2 is 2.10 bits per heavy atom. The SMILES string of the molecule is c1ccc(-c2ncc3c(n2)C2(CCNC2)COC3)cc1. The second-order valence-electron chi connectivity index (χ2n) is 5.63. The van der Waals surface area contributed by atoms with E-state index in [1.165, 1.54) is 5.69 Å². The first-order valence-corrected chi connectivity index (χ1v) is 7.08. The highest BCUT2D eigenvalue weighted by Gasteiger charge is 2.41. The van der Waals surface area contributed by atoms with Crippen molar-refractivity contribution in [2.24, 2.45) is 0 Å². The molecule has 102 valence electrons. The molecule has 0 radical (unpaired) electrons. The minimum Gasteiger partial charge on any atom is -0.376 e. The molecule has 3 heterocycles. The second-order valence-corrected chi connectivity index (χ2v) is 5.63. The van der Waals surface area contributed by atoms with Crippen LogP contribution in [-0.2, 0) is 16.8 Å².